The lowest BCUT2D eigenvalue weighted by Gasteiger charge is -2.13. The maximum absolute atomic E-state index is 12.7. The molecule has 1 N–H and O–H groups in total. The molecule has 0 unspecified atom stereocenters. The summed E-state index contributed by atoms with van der Waals surface area (Å²) in [7, 11) is -4.06. The largest absolute Gasteiger partial charge is 0.469 e. The zero-order valence-corrected chi connectivity index (χ0v) is 17.3. The van der Waals surface area contributed by atoms with Crippen molar-refractivity contribution in [2.24, 2.45) is 0 Å². The van der Waals surface area contributed by atoms with Crippen molar-refractivity contribution in [2.45, 2.75) is 25.3 Å². The first-order valence-corrected chi connectivity index (χ1v) is 10.4. The molecule has 0 radical (unpaired) electrons. The van der Waals surface area contributed by atoms with Gasteiger partial charge in [0.25, 0.3) is 15.9 Å². The summed E-state index contributed by atoms with van der Waals surface area (Å²) in [6.07, 6.45) is 1.43. The Morgan fingerprint density at radius 1 is 1.04 bits per heavy atom. The molecule has 146 valence electrons. The molecule has 0 atom stereocenters. The van der Waals surface area contributed by atoms with Gasteiger partial charge in [0, 0.05) is 5.69 Å². The smallest absolute Gasteiger partial charge is 0.264 e. The van der Waals surface area contributed by atoms with E-state index in [9.17, 15) is 8.42 Å². The second kappa shape index (κ2) is 8.30. The topological polar surface area (TPSA) is 94.1 Å². The molecule has 7 nitrogen and oxygen atoms in total. The molecule has 0 amide bonds. The van der Waals surface area contributed by atoms with Crippen molar-refractivity contribution < 1.29 is 13.2 Å². The number of rotatable bonds is 6. The molecule has 3 aromatic rings. The van der Waals surface area contributed by atoms with Gasteiger partial charge in [-0.3, -0.25) is 9.71 Å². The van der Waals surface area contributed by atoms with Gasteiger partial charge < -0.3 is 4.74 Å². The second-order valence-corrected chi connectivity index (χ2v) is 8.32. The first-order chi connectivity index (χ1) is 13.3. The van der Waals surface area contributed by atoms with Crippen LogP contribution in [0.5, 0.6) is 5.88 Å². The van der Waals surface area contributed by atoms with Crippen LogP contribution in [0, 0.1) is 13.8 Å². The molecular weight excluding hydrogens is 423 g/mol. The molecule has 28 heavy (non-hydrogen) atoms. The van der Waals surface area contributed by atoms with Gasteiger partial charge in [-0.2, -0.15) is 0 Å². The van der Waals surface area contributed by atoms with Gasteiger partial charge in [0.15, 0.2) is 0 Å². The number of anilines is 1. The van der Waals surface area contributed by atoms with Gasteiger partial charge in [0.1, 0.15) is 11.5 Å². The van der Waals surface area contributed by atoms with Crippen molar-refractivity contribution in [1.82, 2.24) is 15.0 Å². The third-order valence-electron chi connectivity index (χ3n) is 3.60. The van der Waals surface area contributed by atoms with Crippen molar-refractivity contribution in [3.63, 3.8) is 0 Å². The lowest BCUT2D eigenvalue weighted by Crippen LogP contribution is -2.16. The number of ether oxygens (including phenoxy) is 1. The van der Waals surface area contributed by atoms with Gasteiger partial charge in [-0.15, -0.1) is 0 Å². The summed E-state index contributed by atoms with van der Waals surface area (Å²) in [6, 6.07) is 9.85. The summed E-state index contributed by atoms with van der Waals surface area (Å²) in [5.41, 5.74) is 2.08. The summed E-state index contributed by atoms with van der Waals surface area (Å²) in [4.78, 5) is 12.5. The molecule has 0 saturated carbocycles. The second-order valence-electron chi connectivity index (χ2n) is 5.88. The van der Waals surface area contributed by atoms with E-state index in [1.165, 1.54) is 24.4 Å². The lowest BCUT2D eigenvalue weighted by molar-refractivity contribution is 0.289. The number of nitrogens with one attached hydrogen (secondary N) is 1. The molecule has 2 heterocycles. The molecule has 10 heteroatoms. The summed E-state index contributed by atoms with van der Waals surface area (Å²) in [5.74, 6) is -0.0284. The Kier molecular flexibility index (Phi) is 6.02. The van der Waals surface area contributed by atoms with Gasteiger partial charge >= 0.3 is 0 Å². The number of hydrogen-bond donors (Lipinski definition) is 1. The number of pyridine rings is 1. The molecule has 0 bridgehead atoms. The molecule has 0 saturated heterocycles. The Morgan fingerprint density at radius 2 is 1.79 bits per heavy atom. The Labute approximate surface area is 172 Å². The summed E-state index contributed by atoms with van der Waals surface area (Å²) < 4.78 is 33.5. The average molecular weight is 439 g/mol. The number of nitrogens with zero attached hydrogens (tertiary/aromatic N) is 3. The van der Waals surface area contributed by atoms with E-state index in [2.05, 4.69) is 19.7 Å². The third-order valence-corrected chi connectivity index (χ3v) is 5.91. The maximum atomic E-state index is 12.7. The van der Waals surface area contributed by atoms with Crippen LogP contribution in [-0.2, 0) is 16.6 Å². The number of aromatic nitrogens is 3. The zero-order valence-electron chi connectivity index (χ0n) is 15.0. The zero-order chi connectivity index (χ0) is 20.3. The standard InChI is InChI=1S/C18H16Cl2N4O3S/c1-11-5-3-6-13(22-11)10-27-18-17(21-9-12(2)23-18)24-28(25,26)15-8-4-7-14(19)16(15)20/h3-9H,10H2,1-2H3,(H,21,24). The first kappa shape index (κ1) is 20.3. The fourth-order valence-corrected chi connectivity index (χ4v) is 4.09. The number of halogens is 2. The van der Waals surface area contributed by atoms with Crippen LogP contribution in [0.15, 0.2) is 47.5 Å². The Morgan fingerprint density at radius 3 is 2.54 bits per heavy atom. The van der Waals surface area contributed by atoms with E-state index in [1.807, 2.05) is 19.1 Å². The average Bonchev–Trinajstić information content (AvgIpc) is 2.64. The number of sulfonamides is 1. The molecular formula is C18H16Cl2N4O3S. The van der Waals surface area contributed by atoms with Crippen LogP contribution >= 0.6 is 23.2 Å². The van der Waals surface area contributed by atoms with Crippen LogP contribution in [0.2, 0.25) is 10.0 Å². The van der Waals surface area contributed by atoms with Crippen LogP contribution in [0.4, 0.5) is 5.82 Å². The van der Waals surface area contributed by atoms with Crippen LogP contribution in [0.3, 0.4) is 0 Å². The fourth-order valence-electron chi connectivity index (χ4n) is 2.32. The predicted molar refractivity (Wildman–Crippen MR) is 107 cm³/mol. The van der Waals surface area contributed by atoms with E-state index in [-0.39, 0.29) is 33.2 Å². The van der Waals surface area contributed by atoms with Crippen LogP contribution < -0.4 is 9.46 Å². The molecule has 2 aromatic heterocycles. The third kappa shape index (κ3) is 4.70. The van der Waals surface area contributed by atoms with E-state index < -0.39 is 10.0 Å². The van der Waals surface area contributed by atoms with Gasteiger partial charge in [0.05, 0.1) is 27.6 Å². The summed E-state index contributed by atoms with van der Waals surface area (Å²) in [6.45, 7) is 3.69. The minimum absolute atomic E-state index is 0.0324. The highest BCUT2D eigenvalue weighted by molar-refractivity contribution is 7.92. The van der Waals surface area contributed by atoms with E-state index in [4.69, 9.17) is 27.9 Å². The molecule has 0 aliphatic rings. The van der Waals surface area contributed by atoms with E-state index in [0.29, 0.717) is 11.4 Å². The molecule has 3 rings (SSSR count). The lowest BCUT2D eigenvalue weighted by atomic mass is 10.3. The molecule has 1 aromatic carbocycles. The predicted octanol–water partition coefficient (Wildman–Crippen LogP) is 4.18. The normalized spacial score (nSPS) is 11.3. The van der Waals surface area contributed by atoms with Crippen molar-refractivity contribution in [3.05, 3.63) is 69.7 Å². The quantitative estimate of drug-likeness (QED) is 0.620. The summed E-state index contributed by atoms with van der Waals surface area (Å²) in [5, 5.41) is 0.0460. The van der Waals surface area contributed by atoms with Crippen LogP contribution in [-0.4, -0.2) is 23.4 Å². The number of aryl methyl sites for hydroxylation is 2. The number of hydrogen-bond acceptors (Lipinski definition) is 6. The first-order valence-electron chi connectivity index (χ1n) is 8.12. The van der Waals surface area contributed by atoms with Gasteiger partial charge in [-0.25, -0.2) is 18.4 Å². The van der Waals surface area contributed by atoms with Crippen molar-refractivity contribution in [3.8, 4) is 5.88 Å². The number of benzene rings is 1. The van der Waals surface area contributed by atoms with E-state index >= 15 is 0 Å². The van der Waals surface area contributed by atoms with Crippen molar-refractivity contribution >= 4 is 39.0 Å². The highest BCUT2D eigenvalue weighted by atomic mass is 35.5. The minimum Gasteiger partial charge on any atom is -0.469 e. The van der Waals surface area contributed by atoms with Crippen molar-refractivity contribution in [1.29, 1.82) is 0 Å². The Balaban J connectivity index is 1.89. The van der Waals surface area contributed by atoms with E-state index in [1.54, 1.807) is 13.0 Å². The molecule has 0 aliphatic carbocycles. The van der Waals surface area contributed by atoms with Crippen LogP contribution in [0.1, 0.15) is 17.1 Å². The van der Waals surface area contributed by atoms with Gasteiger partial charge in [-0.1, -0.05) is 35.3 Å². The molecule has 0 spiro atoms. The highest BCUT2D eigenvalue weighted by Crippen LogP contribution is 2.31. The monoisotopic (exact) mass is 438 g/mol. The summed E-state index contributed by atoms with van der Waals surface area (Å²) >= 11 is 12.0. The SMILES string of the molecule is Cc1cccc(COc2nc(C)cnc2NS(=O)(=O)c2cccc(Cl)c2Cl)n1. The highest BCUT2D eigenvalue weighted by Gasteiger charge is 2.22. The minimum atomic E-state index is -4.06. The fraction of sp³-hybridized carbons (Fsp3) is 0.167. The van der Waals surface area contributed by atoms with Crippen LogP contribution in [0.25, 0.3) is 0 Å². The molecule has 0 aliphatic heterocycles. The molecule has 0 fully saturated rings. The van der Waals surface area contributed by atoms with E-state index in [0.717, 1.165) is 5.69 Å². The van der Waals surface area contributed by atoms with Crippen molar-refractivity contribution in [2.75, 3.05) is 4.72 Å². The maximum Gasteiger partial charge on any atom is 0.264 e. The van der Waals surface area contributed by atoms with Gasteiger partial charge in [0.2, 0.25) is 5.82 Å². The Hall–Kier alpha value is -2.42. The van der Waals surface area contributed by atoms with Gasteiger partial charge in [-0.05, 0) is 38.1 Å². The Bertz CT molecular complexity index is 1120.